The van der Waals surface area contributed by atoms with Gasteiger partial charge in [0.2, 0.25) is 0 Å². The van der Waals surface area contributed by atoms with Gasteiger partial charge < -0.3 is 4.74 Å². The molecule has 1 fully saturated rings. The maximum atomic E-state index is 14.3. The van der Waals surface area contributed by atoms with Crippen LogP contribution in [0.15, 0.2) is 42.5 Å². The third-order valence-corrected chi connectivity index (χ3v) is 4.41. The van der Waals surface area contributed by atoms with Crippen LogP contribution in [0.2, 0.25) is 0 Å². The molecule has 0 aliphatic heterocycles. The summed E-state index contributed by atoms with van der Waals surface area (Å²) in [5.74, 6) is -0.111. The largest absolute Gasteiger partial charge is 0.482 e. The number of halogens is 2. The Labute approximate surface area is 129 Å². The summed E-state index contributed by atoms with van der Waals surface area (Å²) in [6.45, 7) is 2.01. The number of benzene rings is 2. The molecule has 1 aliphatic carbocycles. The van der Waals surface area contributed by atoms with Gasteiger partial charge in [-0.25, -0.2) is 8.78 Å². The van der Waals surface area contributed by atoms with Gasteiger partial charge in [-0.2, -0.15) is 0 Å². The molecular formula is C19H20F2O. The predicted molar refractivity (Wildman–Crippen MR) is 82.9 cm³/mol. The van der Waals surface area contributed by atoms with Gasteiger partial charge in [0, 0.05) is 5.56 Å². The number of hydrogen-bond donors (Lipinski definition) is 0. The van der Waals surface area contributed by atoms with Crippen LogP contribution in [0, 0.1) is 18.6 Å². The molecule has 0 radical (unpaired) electrons. The lowest BCUT2D eigenvalue weighted by molar-refractivity contribution is 0.0227. The molecule has 3 rings (SSSR count). The van der Waals surface area contributed by atoms with Crippen molar-refractivity contribution in [3.8, 4) is 5.75 Å². The fourth-order valence-corrected chi connectivity index (χ4v) is 3.23. The first-order valence-corrected chi connectivity index (χ1v) is 7.80. The number of ether oxygens (including phenoxy) is 1. The molecule has 0 amide bonds. The van der Waals surface area contributed by atoms with E-state index in [1.165, 1.54) is 12.1 Å². The highest BCUT2D eigenvalue weighted by Gasteiger charge is 2.38. The van der Waals surface area contributed by atoms with E-state index in [1.807, 2.05) is 31.2 Å². The van der Waals surface area contributed by atoms with Gasteiger partial charge in [-0.15, -0.1) is 0 Å². The van der Waals surface area contributed by atoms with Gasteiger partial charge in [0.05, 0.1) is 0 Å². The lowest BCUT2D eigenvalue weighted by Gasteiger charge is -2.38. The van der Waals surface area contributed by atoms with Crippen LogP contribution in [0.3, 0.4) is 0 Å². The van der Waals surface area contributed by atoms with Gasteiger partial charge in [-0.1, -0.05) is 24.1 Å². The Kier molecular flexibility index (Phi) is 4.14. The molecule has 1 saturated carbocycles. The van der Waals surface area contributed by atoms with Gasteiger partial charge in [0.15, 0.2) is 0 Å². The van der Waals surface area contributed by atoms with Gasteiger partial charge in [-0.3, -0.25) is 0 Å². The lowest BCUT2D eigenvalue weighted by atomic mass is 9.79. The van der Waals surface area contributed by atoms with E-state index in [0.29, 0.717) is 24.2 Å². The van der Waals surface area contributed by atoms with Crippen molar-refractivity contribution in [3.05, 3.63) is 65.2 Å². The zero-order valence-corrected chi connectivity index (χ0v) is 12.7. The van der Waals surface area contributed by atoms with E-state index in [9.17, 15) is 8.78 Å². The van der Waals surface area contributed by atoms with Gasteiger partial charge in [0.1, 0.15) is 23.0 Å². The second kappa shape index (κ2) is 6.07. The van der Waals surface area contributed by atoms with E-state index in [0.717, 1.165) is 30.9 Å². The summed E-state index contributed by atoms with van der Waals surface area (Å²) in [5.41, 5.74) is 0.717. The van der Waals surface area contributed by atoms with Crippen LogP contribution in [0.4, 0.5) is 8.78 Å². The minimum absolute atomic E-state index is 0.341. The van der Waals surface area contributed by atoms with Crippen LogP contribution < -0.4 is 4.74 Å². The van der Waals surface area contributed by atoms with Gasteiger partial charge >= 0.3 is 0 Å². The zero-order chi connectivity index (χ0) is 15.6. The molecule has 0 N–H and O–H groups in total. The average molecular weight is 302 g/mol. The summed E-state index contributed by atoms with van der Waals surface area (Å²) >= 11 is 0. The third kappa shape index (κ3) is 2.99. The minimum Gasteiger partial charge on any atom is -0.482 e. The summed E-state index contributed by atoms with van der Waals surface area (Å²) < 4.78 is 34.2. The molecular weight excluding hydrogens is 282 g/mol. The van der Waals surface area contributed by atoms with Crippen molar-refractivity contribution < 1.29 is 13.5 Å². The summed E-state index contributed by atoms with van der Waals surface area (Å²) in [5, 5.41) is 0. The molecule has 3 heteroatoms. The lowest BCUT2D eigenvalue weighted by Crippen LogP contribution is -2.36. The Morgan fingerprint density at radius 3 is 2.27 bits per heavy atom. The Bertz CT molecular complexity index is 643. The van der Waals surface area contributed by atoms with E-state index < -0.39 is 17.2 Å². The highest BCUT2D eigenvalue weighted by atomic mass is 19.1. The van der Waals surface area contributed by atoms with Crippen molar-refractivity contribution in [1.29, 1.82) is 0 Å². The molecule has 0 atom stereocenters. The van der Waals surface area contributed by atoms with E-state index in [1.54, 1.807) is 0 Å². The average Bonchev–Trinajstić information content (AvgIpc) is 2.53. The monoisotopic (exact) mass is 302 g/mol. The Morgan fingerprint density at radius 2 is 1.59 bits per heavy atom. The van der Waals surface area contributed by atoms with Crippen LogP contribution >= 0.6 is 0 Å². The molecule has 1 aliphatic rings. The van der Waals surface area contributed by atoms with Crippen molar-refractivity contribution in [1.82, 2.24) is 0 Å². The topological polar surface area (TPSA) is 9.23 Å². The molecule has 22 heavy (non-hydrogen) atoms. The molecule has 0 unspecified atom stereocenters. The second-order valence-electron chi connectivity index (χ2n) is 6.09. The first kappa shape index (κ1) is 15.0. The molecule has 2 aromatic rings. The van der Waals surface area contributed by atoms with E-state index in [-0.39, 0.29) is 0 Å². The molecule has 116 valence electrons. The summed E-state index contributed by atoms with van der Waals surface area (Å²) in [6.07, 6.45) is 4.45. The third-order valence-electron chi connectivity index (χ3n) is 4.41. The molecule has 1 nitrogen and oxygen atoms in total. The molecule has 0 aromatic heterocycles. The van der Waals surface area contributed by atoms with Crippen molar-refractivity contribution in [2.75, 3.05) is 0 Å². The molecule has 2 aromatic carbocycles. The smallest absolute Gasteiger partial charge is 0.137 e. The quantitative estimate of drug-likeness (QED) is 0.726. The fraction of sp³-hybridized carbons (Fsp3) is 0.368. The summed E-state index contributed by atoms with van der Waals surface area (Å²) in [4.78, 5) is 0. The first-order valence-electron chi connectivity index (χ1n) is 7.80. The van der Waals surface area contributed by atoms with Gasteiger partial charge in [0.25, 0.3) is 0 Å². The van der Waals surface area contributed by atoms with Crippen LogP contribution in [0.5, 0.6) is 5.75 Å². The molecule has 0 bridgehead atoms. The summed E-state index contributed by atoms with van der Waals surface area (Å²) in [7, 11) is 0. The predicted octanol–water partition coefficient (Wildman–Crippen LogP) is 5.51. The highest BCUT2D eigenvalue weighted by Crippen LogP contribution is 2.42. The van der Waals surface area contributed by atoms with Crippen LogP contribution in [-0.2, 0) is 5.60 Å². The summed E-state index contributed by atoms with van der Waals surface area (Å²) in [6, 6.07) is 11.4. The Morgan fingerprint density at radius 1 is 0.909 bits per heavy atom. The van der Waals surface area contributed by atoms with Crippen molar-refractivity contribution in [2.45, 2.75) is 44.6 Å². The zero-order valence-electron chi connectivity index (χ0n) is 12.7. The SMILES string of the molecule is Cc1ccc(OC2(c3cc(F)ccc3F)CCCCC2)cc1. The van der Waals surface area contributed by atoms with Crippen LogP contribution in [0.25, 0.3) is 0 Å². The van der Waals surface area contributed by atoms with E-state index in [4.69, 9.17) is 4.74 Å². The number of rotatable bonds is 3. The molecule has 0 saturated heterocycles. The molecule has 0 spiro atoms. The first-order chi connectivity index (χ1) is 10.6. The van der Waals surface area contributed by atoms with Gasteiger partial charge in [-0.05, 0) is 62.9 Å². The second-order valence-corrected chi connectivity index (χ2v) is 6.09. The Hall–Kier alpha value is -1.90. The fourth-order valence-electron chi connectivity index (χ4n) is 3.23. The van der Waals surface area contributed by atoms with Crippen LogP contribution in [-0.4, -0.2) is 0 Å². The van der Waals surface area contributed by atoms with E-state index >= 15 is 0 Å². The normalized spacial score (nSPS) is 17.2. The van der Waals surface area contributed by atoms with Crippen molar-refractivity contribution in [2.24, 2.45) is 0 Å². The van der Waals surface area contributed by atoms with Crippen molar-refractivity contribution >= 4 is 0 Å². The number of hydrogen-bond acceptors (Lipinski definition) is 1. The minimum atomic E-state index is -0.764. The maximum Gasteiger partial charge on any atom is 0.137 e. The Balaban J connectivity index is 2.00. The van der Waals surface area contributed by atoms with Crippen molar-refractivity contribution in [3.63, 3.8) is 0 Å². The standard InChI is InChI=1S/C19H20F2O/c1-14-5-8-16(9-6-14)22-19(11-3-2-4-12-19)17-13-15(20)7-10-18(17)21/h5-10,13H,2-4,11-12H2,1H3. The van der Waals surface area contributed by atoms with E-state index in [2.05, 4.69) is 0 Å². The maximum absolute atomic E-state index is 14.3. The highest BCUT2D eigenvalue weighted by molar-refractivity contribution is 5.31. The van der Waals surface area contributed by atoms with Crippen LogP contribution in [0.1, 0.15) is 43.2 Å². The molecule has 0 heterocycles. The number of aryl methyl sites for hydroxylation is 1.